The van der Waals surface area contributed by atoms with Gasteiger partial charge in [-0.2, -0.15) is 0 Å². The maximum Gasteiger partial charge on any atom is 0.308 e. The van der Waals surface area contributed by atoms with E-state index in [2.05, 4.69) is 0 Å². The molecule has 3 heteroatoms. The number of carboxylic acid groups (broad SMARTS) is 1. The molecule has 3 nitrogen and oxygen atoms in total. The molecule has 0 spiro atoms. The van der Waals surface area contributed by atoms with Gasteiger partial charge in [0, 0.05) is 5.54 Å². The van der Waals surface area contributed by atoms with Crippen LogP contribution in [0.1, 0.15) is 20.8 Å². The third kappa shape index (κ3) is 2.46. The highest BCUT2D eigenvalue weighted by molar-refractivity contribution is 5.71. The van der Waals surface area contributed by atoms with Gasteiger partial charge in [0.05, 0.1) is 5.92 Å². The Labute approximate surface area is 54.9 Å². The highest BCUT2D eigenvalue weighted by Crippen LogP contribution is 2.11. The van der Waals surface area contributed by atoms with Crippen LogP contribution in [-0.2, 0) is 4.79 Å². The molecule has 0 amide bonds. The summed E-state index contributed by atoms with van der Waals surface area (Å²) >= 11 is 0. The maximum absolute atomic E-state index is 10.3. The number of carboxylic acids is 1. The van der Waals surface area contributed by atoms with E-state index in [1.807, 2.05) is 0 Å². The molecule has 0 aromatic heterocycles. The van der Waals surface area contributed by atoms with Crippen molar-refractivity contribution in [2.24, 2.45) is 11.7 Å². The summed E-state index contributed by atoms with van der Waals surface area (Å²) in [4.78, 5) is 10.3. The average molecular weight is 131 g/mol. The Morgan fingerprint density at radius 1 is 1.67 bits per heavy atom. The van der Waals surface area contributed by atoms with E-state index in [0.717, 1.165) is 0 Å². The summed E-state index contributed by atoms with van der Waals surface area (Å²) in [6.07, 6.45) is 0. The largest absolute Gasteiger partial charge is 0.481 e. The predicted octanol–water partition coefficient (Wildman–Crippen LogP) is 0.444. The highest BCUT2D eigenvalue weighted by atomic mass is 16.4. The topological polar surface area (TPSA) is 63.3 Å². The number of nitrogens with two attached hydrogens (primary N) is 1. The molecule has 0 heterocycles. The van der Waals surface area contributed by atoms with E-state index in [-0.39, 0.29) is 0 Å². The van der Waals surface area contributed by atoms with Crippen molar-refractivity contribution >= 4 is 5.97 Å². The first-order valence-corrected chi connectivity index (χ1v) is 2.87. The standard InChI is InChI=1S/C6H13NO2/c1-4(5(8)9)6(2,3)7/h4H,7H2,1-3H3,(H,8,9)/t4-/m1/s1. The molecule has 0 unspecified atom stereocenters. The maximum atomic E-state index is 10.3. The molecule has 0 aromatic rings. The van der Waals surface area contributed by atoms with Crippen LogP contribution < -0.4 is 5.73 Å². The number of hydrogen-bond acceptors (Lipinski definition) is 2. The van der Waals surface area contributed by atoms with Gasteiger partial charge in [0.15, 0.2) is 0 Å². The molecule has 54 valence electrons. The fraction of sp³-hybridized carbons (Fsp3) is 0.833. The lowest BCUT2D eigenvalue weighted by molar-refractivity contribution is -0.142. The Morgan fingerprint density at radius 3 is 2.00 bits per heavy atom. The fourth-order valence-corrected chi connectivity index (χ4v) is 0.318. The summed E-state index contributed by atoms with van der Waals surface area (Å²) in [6, 6.07) is 0. The molecule has 0 radical (unpaired) electrons. The lowest BCUT2D eigenvalue weighted by Crippen LogP contribution is -2.43. The first-order valence-electron chi connectivity index (χ1n) is 2.87. The second-order valence-electron chi connectivity index (χ2n) is 2.88. The van der Waals surface area contributed by atoms with Crippen molar-refractivity contribution in [1.82, 2.24) is 0 Å². The van der Waals surface area contributed by atoms with Gasteiger partial charge in [0.2, 0.25) is 0 Å². The Balaban J connectivity index is 4.04. The number of carbonyl (C=O) groups is 1. The van der Waals surface area contributed by atoms with E-state index >= 15 is 0 Å². The predicted molar refractivity (Wildman–Crippen MR) is 35.1 cm³/mol. The highest BCUT2D eigenvalue weighted by Gasteiger charge is 2.26. The number of hydrogen-bond donors (Lipinski definition) is 2. The Morgan fingerprint density at radius 2 is 2.00 bits per heavy atom. The third-order valence-corrected chi connectivity index (χ3v) is 1.49. The van der Waals surface area contributed by atoms with Crippen LogP contribution in [0.25, 0.3) is 0 Å². The Hall–Kier alpha value is -0.570. The van der Waals surface area contributed by atoms with Crippen molar-refractivity contribution in [3.8, 4) is 0 Å². The first-order chi connectivity index (χ1) is 3.85. The minimum atomic E-state index is -0.845. The molecule has 0 aliphatic rings. The molecular formula is C6H13NO2. The molecule has 0 fully saturated rings. The van der Waals surface area contributed by atoms with Crippen molar-refractivity contribution < 1.29 is 9.90 Å². The van der Waals surface area contributed by atoms with E-state index in [9.17, 15) is 4.79 Å². The van der Waals surface area contributed by atoms with Crippen molar-refractivity contribution in [2.75, 3.05) is 0 Å². The van der Waals surface area contributed by atoms with Gasteiger partial charge in [0.1, 0.15) is 0 Å². The van der Waals surface area contributed by atoms with Crippen molar-refractivity contribution in [3.63, 3.8) is 0 Å². The lowest BCUT2D eigenvalue weighted by atomic mass is 9.91. The molecule has 0 saturated heterocycles. The smallest absolute Gasteiger partial charge is 0.308 e. The van der Waals surface area contributed by atoms with Gasteiger partial charge in [0.25, 0.3) is 0 Å². The quantitative estimate of drug-likeness (QED) is 0.571. The van der Waals surface area contributed by atoms with Gasteiger partial charge in [-0.25, -0.2) is 0 Å². The summed E-state index contributed by atoms with van der Waals surface area (Å²) in [5, 5.41) is 8.44. The molecule has 1 atom stereocenters. The summed E-state index contributed by atoms with van der Waals surface area (Å²) in [5.41, 5.74) is 4.88. The number of aliphatic carboxylic acids is 1. The Kier molecular flexibility index (Phi) is 2.20. The molecule has 9 heavy (non-hydrogen) atoms. The van der Waals surface area contributed by atoms with Gasteiger partial charge in [-0.1, -0.05) is 6.92 Å². The number of rotatable bonds is 2. The van der Waals surface area contributed by atoms with Crippen molar-refractivity contribution in [2.45, 2.75) is 26.3 Å². The van der Waals surface area contributed by atoms with E-state index in [1.165, 1.54) is 0 Å². The van der Waals surface area contributed by atoms with Crippen LogP contribution in [0.2, 0.25) is 0 Å². The molecular weight excluding hydrogens is 118 g/mol. The van der Waals surface area contributed by atoms with Crippen LogP contribution >= 0.6 is 0 Å². The summed E-state index contributed by atoms with van der Waals surface area (Å²) < 4.78 is 0. The van der Waals surface area contributed by atoms with E-state index in [1.54, 1.807) is 20.8 Å². The van der Waals surface area contributed by atoms with Crippen LogP contribution in [0.5, 0.6) is 0 Å². The zero-order valence-electron chi connectivity index (χ0n) is 6.01. The molecule has 0 saturated carbocycles. The van der Waals surface area contributed by atoms with Gasteiger partial charge in [-0.3, -0.25) is 4.79 Å². The van der Waals surface area contributed by atoms with Crippen LogP contribution in [0.15, 0.2) is 0 Å². The van der Waals surface area contributed by atoms with Gasteiger partial charge < -0.3 is 10.8 Å². The van der Waals surface area contributed by atoms with E-state index < -0.39 is 17.4 Å². The third-order valence-electron chi connectivity index (χ3n) is 1.49. The fourth-order valence-electron chi connectivity index (χ4n) is 0.318. The zero-order valence-corrected chi connectivity index (χ0v) is 6.01. The van der Waals surface area contributed by atoms with Crippen LogP contribution in [0, 0.1) is 5.92 Å². The SMILES string of the molecule is C[C@H](C(=O)O)C(C)(C)N. The molecule has 0 bridgehead atoms. The van der Waals surface area contributed by atoms with Crippen molar-refractivity contribution in [1.29, 1.82) is 0 Å². The Bertz CT molecular complexity index is 115. The summed E-state index contributed by atoms with van der Waals surface area (Å²) in [7, 11) is 0. The molecule has 0 aliphatic carbocycles. The van der Waals surface area contributed by atoms with Crippen molar-refractivity contribution in [3.05, 3.63) is 0 Å². The molecule has 3 N–H and O–H groups in total. The van der Waals surface area contributed by atoms with Crippen LogP contribution in [0.4, 0.5) is 0 Å². The molecule has 0 aromatic carbocycles. The monoisotopic (exact) mass is 131 g/mol. The minimum absolute atomic E-state index is 0.488. The summed E-state index contributed by atoms with van der Waals surface area (Å²) in [6.45, 7) is 5.00. The second kappa shape index (κ2) is 2.35. The summed E-state index contributed by atoms with van der Waals surface area (Å²) in [5.74, 6) is -1.33. The van der Waals surface area contributed by atoms with Gasteiger partial charge in [-0.15, -0.1) is 0 Å². The lowest BCUT2D eigenvalue weighted by Gasteiger charge is -2.22. The van der Waals surface area contributed by atoms with E-state index in [0.29, 0.717) is 0 Å². The molecule has 0 rings (SSSR count). The van der Waals surface area contributed by atoms with E-state index in [4.69, 9.17) is 10.8 Å². The first kappa shape index (κ1) is 8.43. The molecule has 0 aliphatic heterocycles. The van der Waals surface area contributed by atoms with Gasteiger partial charge in [-0.05, 0) is 13.8 Å². The van der Waals surface area contributed by atoms with Crippen LogP contribution in [0.3, 0.4) is 0 Å². The second-order valence-corrected chi connectivity index (χ2v) is 2.88. The zero-order chi connectivity index (χ0) is 7.65. The average Bonchev–Trinajstić information content (AvgIpc) is 1.62. The minimum Gasteiger partial charge on any atom is -0.481 e. The van der Waals surface area contributed by atoms with Crippen LogP contribution in [-0.4, -0.2) is 16.6 Å². The van der Waals surface area contributed by atoms with Gasteiger partial charge >= 0.3 is 5.97 Å². The normalized spacial score (nSPS) is 15.1.